The predicted molar refractivity (Wildman–Crippen MR) is 55.9 cm³/mol. The average Bonchev–Trinajstić information content (AvgIpc) is 2.04. The maximum absolute atomic E-state index is 5.47. The molecule has 0 spiro atoms. The molecule has 0 N–H and O–H groups in total. The molecule has 0 aliphatic rings. The summed E-state index contributed by atoms with van der Waals surface area (Å²) in [6.45, 7) is 9.13. The van der Waals surface area contributed by atoms with Crippen LogP contribution < -0.4 is 0 Å². The van der Waals surface area contributed by atoms with E-state index in [-0.39, 0.29) is 11.5 Å². The highest BCUT2D eigenvalue weighted by Gasteiger charge is 2.30. The third-order valence-corrected chi connectivity index (χ3v) is 2.33. The van der Waals surface area contributed by atoms with E-state index in [1.807, 2.05) is 6.92 Å². The van der Waals surface area contributed by atoms with Crippen molar-refractivity contribution in [3.63, 3.8) is 0 Å². The highest BCUT2D eigenvalue weighted by Crippen LogP contribution is 2.28. The van der Waals surface area contributed by atoms with Crippen LogP contribution in [0.25, 0.3) is 0 Å². The lowest BCUT2D eigenvalue weighted by Crippen LogP contribution is -2.36. The van der Waals surface area contributed by atoms with Gasteiger partial charge < -0.3 is 9.47 Å². The summed E-state index contributed by atoms with van der Waals surface area (Å²) < 4.78 is 10.6. The molecule has 0 aliphatic carbocycles. The molecule has 0 saturated heterocycles. The molecule has 0 bridgehead atoms. The number of ether oxygens (including phenoxy) is 2. The molecule has 0 heterocycles. The van der Waals surface area contributed by atoms with E-state index in [4.69, 9.17) is 9.47 Å². The molecule has 0 aromatic heterocycles. The fraction of sp³-hybridized carbons (Fsp3) is 0.818. The van der Waals surface area contributed by atoms with Crippen molar-refractivity contribution in [1.29, 1.82) is 0 Å². The van der Waals surface area contributed by atoms with E-state index in [0.717, 1.165) is 0 Å². The summed E-state index contributed by atoms with van der Waals surface area (Å²) in [5, 5.41) is 0. The second-order valence-corrected chi connectivity index (χ2v) is 4.07. The van der Waals surface area contributed by atoms with Crippen molar-refractivity contribution in [3.05, 3.63) is 11.6 Å². The molecule has 1 atom stereocenters. The molecule has 0 saturated carbocycles. The number of hydrogen-bond acceptors (Lipinski definition) is 2. The van der Waals surface area contributed by atoms with E-state index in [2.05, 4.69) is 26.8 Å². The lowest BCUT2D eigenvalue weighted by Gasteiger charge is -2.33. The molecule has 0 rings (SSSR count). The maximum Gasteiger partial charge on any atom is 0.0851 e. The summed E-state index contributed by atoms with van der Waals surface area (Å²) in [6, 6.07) is 0. The Kier molecular flexibility index (Phi) is 5.26. The molecule has 0 aromatic carbocycles. The van der Waals surface area contributed by atoms with Gasteiger partial charge in [0.1, 0.15) is 0 Å². The standard InChI is InChI=1S/C11H22O2/c1-7-9(2)10(13-6)11(3,4)8-12-5/h7,10H,8H2,1-6H3. The average molecular weight is 186 g/mol. The van der Waals surface area contributed by atoms with Gasteiger partial charge >= 0.3 is 0 Å². The van der Waals surface area contributed by atoms with E-state index in [1.54, 1.807) is 14.2 Å². The molecular formula is C11H22O2. The van der Waals surface area contributed by atoms with Gasteiger partial charge in [-0.3, -0.25) is 0 Å². The Morgan fingerprint density at radius 2 is 1.92 bits per heavy atom. The zero-order valence-electron chi connectivity index (χ0n) is 9.68. The van der Waals surface area contributed by atoms with Gasteiger partial charge in [0.25, 0.3) is 0 Å². The van der Waals surface area contributed by atoms with Gasteiger partial charge in [-0.1, -0.05) is 19.9 Å². The molecule has 0 aliphatic heterocycles. The summed E-state index contributed by atoms with van der Waals surface area (Å²) in [4.78, 5) is 0. The fourth-order valence-corrected chi connectivity index (χ4v) is 1.72. The van der Waals surface area contributed by atoms with Crippen LogP contribution in [0.2, 0.25) is 0 Å². The first-order valence-electron chi connectivity index (χ1n) is 4.64. The molecule has 2 heteroatoms. The van der Waals surface area contributed by atoms with Crippen molar-refractivity contribution in [2.75, 3.05) is 20.8 Å². The summed E-state index contributed by atoms with van der Waals surface area (Å²) in [5.74, 6) is 0. The second-order valence-electron chi connectivity index (χ2n) is 4.07. The molecule has 2 nitrogen and oxygen atoms in total. The summed E-state index contributed by atoms with van der Waals surface area (Å²) in [6.07, 6.45) is 2.23. The number of rotatable bonds is 5. The number of allylic oxidation sites excluding steroid dienone is 1. The smallest absolute Gasteiger partial charge is 0.0851 e. The molecule has 0 aromatic rings. The predicted octanol–water partition coefficient (Wildman–Crippen LogP) is 2.64. The third kappa shape index (κ3) is 3.49. The minimum absolute atomic E-state index is 0.0279. The molecule has 0 fully saturated rings. The molecule has 1 unspecified atom stereocenters. The minimum atomic E-state index is 0.0279. The van der Waals surface area contributed by atoms with Crippen LogP contribution in [0.3, 0.4) is 0 Å². The largest absolute Gasteiger partial charge is 0.384 e. The van der Waals surface area contributed by atoms with Crippen molar-refractivity contribution in [2.24, 2.45) is 5.41 Å². The SMILES string of the molecule is CC=C(C)C(OC)C(C)(C)COC. The zero-order chi connectivity index (χ0) is 10.5. The monoisotopic (exact) mass is 186 g/mol. The maximum atomic E-state index is 5.47. The Morgan fingerprint density at radius 3 is 2.23 bits per heavy atom. The number of methoxy groups -OCH3 is 2. The van der Waals surface area contributed by atoms with Crippen molar-refractivity contribution in [3.8, 4) is 0 Å². The first-order valence-corrected chi connectivity index (χ1v) is 4.64. The van der Waals surface area contributed by atoms with Crippen molar-refractivity contribution in [1.82, 2.24) is 0 Å². The van der Waals surface area contributed by atoms with Crippen molar-refractivity contribution >= 4 is 0 Å². The zero-order valence-corrected chi connectivity index (χ0v) is 9.68. The fourth-order valence-electron chi connectivity index (χ4n) is 1.72. The summed E-state index contributed by atoms with van der Waals surface area (Å²) in [5.41, 5.74) is 1.28. The van der Waals surface area contributed by atoms with Crippen LogP contribution in [-0.2, 0) is 9.47 Å². The topological polar surface area (TPSA) is 18.5 Å². The van der Waals surface area contributed by atoms with E-state index in [1.165, 1.54) is 5.57 Å². The van der Waals surface area contributed by atoms with Crippen molar-refractivity contribution in [2.45, 2.75) is 33.8 Å². The minimum Gasteiger partial charge on any atom is -0.384 e. The highest BCUT2D eigenvalue weighted by molar-refractivity contribution is 5.08. The van der Waals surface area contributed by atoms with Gasteiger partial charge in [0.15, 0.2) is 0 Å². The lowest BCUT2D eigenvalue weighted by molar-refractivity contribution is -0.0141. The second kappa shape index (κ2) is 5.40. The van der Waals surface area contributed by atoms with E-state index >= 15 is 0 Å². The third-order valence-electron chi connectivity index (χ3n) is 2.33. The van der Waals surface area contributed by atoms with Gasteiger partial charge in [-0.2, -0.15) is 0 Å². The molecule has 0 amide bonds. The summed E-state index contributed by atoms with van der Waals surface area (Å²) in [7, 11) is 3.47. The Morgan fingerprint density at radius 1 is 1.38 bits per heavy atom. The van der Waals surface area contributed by atoms with Crippen LogP contribution in [0.5, 0.6) is 0 Å². The quantitative estimate of drug-likeness (QED) is 0.614. The first-order chi connectivity index (χ1) is 5.99. The lowest BCUT2D eigenvalue weighted by atomic mass is 9.83. The normalized spacial score (nSPS) is 16.0. The Labute approximate surface area is 81.9 Å². The van der Waals surface area contributed by atoms with Gasteiger partial charge in [-0.15, -0.1) is 0 Å². The molecule has 0 radical (unpaired) electrons. The van der Waals surface area contributed by atoms with Crippen LogP contribution >= 0.6 is 0 Å². The molecule has 78 valence electrons. The van der Waals surface area contributed by atoms with Crippen LogP contribution in [-0.4, -0.2) is 26.9 Å². The number of hydrogen-bond donors (Lipinski definition) is 0. The van der Waals surface area contributed by atoms with E-state index < -0.39 is 0 Å². The molecular weight excluding hydrogens is 164 g/mol. The van der Waals surface area contributed by atoms with Gasteiger partial charge in [0.05, 0.1) is 12.7 Å². The van der Waals surface area contributed by atoms with E-state index in [9.17, 15) is 0 Å². The van der Waals surface area contributed by atoms with Gasteiger partial charge in [-0.05, 0) is 19.4 Å². The van der Waals surface area contributed by atoms with Crippen LogP contribution in [0.15, 0.2) is 11.6 Å². The Balaban J connectivity index is 4.55. The van der Waals surface area contributed by atoms with Gasteiger partial charge in [0.2, 0.25) is 0 Å². The summed E-state index contributed by atoms with van der Waals surface area (Å²) >= 11 is 0. The van der Waals surface area contributed by atoms with Crippen LogP contribution in [0, 0.1) is 5.41 Å². The van der Waals surface area contributed by atoms with Gasteiger partial charge in [-0.25, -0.2) is 0 Å². The van der Waals surface area contributed by atoms with Crippen molar-refractivity contribution < 1.29 is 9.47 Å². The van der Waals surface area contributed by atoms with Crippen LogP contribution in [0.4, 0.5) is 0 Å². The van der Waals surface area contributed by atoms with Gasteiger partial charge in [0, 0.05) is 19.6 Å². The Bertz CT molecular complexity index is 171. The first kappa shape index (κ1) is 12.7. The highest BCUT2D eigenvalue weighted by atomic mass is 16.5. The van der Waals surface area contributed by atoms with Crippen LogP contribution in [0.1, 0.15) is 27.7 Å². The molecule has 13 heavy (non-hydrogen) atoms. The van der Waals surface area contributed by atoms with E-state index in [0.29, 0.717) is 6.61 Å². The Hall–Kier alpha value is -0.340.